The normalized spacial score (nSPS) is 10.7. The van der Waals surface area contributed by atoms with Crippen molar-refractivity contribution in [1.82, 2.24) is 20.1 Å². The van der Waals surface area contributed by atoms with Crippen molar-refractivity contribution in [3.05, 3.63) is 35.9 Å². The number of hydrogen-bond acceptors (Lipinski definition) is 3. The molecule has 0 aliphatic carbocycles. The number of rotatable bonds is 3. The van der Waals surface area contributed by atoms with Crippen LogP contribution in [0.3, 0.4) is 0 Å². The molecule has 0 aliphatic heterocycles. The van der Waals surface area contributed by atoms with Gasteiger partial charge in [0.1, 0.15) is 0 Å². The average molecular weight is 216 g/mol. The molecule has 2 aromatic heterocycles. The van der Waals surface area contributed by atoms with Gasteiger partial charge in [-0.05, 0) is 31.7 Å². The molecule has 16 heavy (non-hydrogen) atoms. The summed E-state index contributed by atoms with van der Waals surface area (Å²) in [7, 11) is 3.90. The lowest BCUT2D eigenvalue weighted by Crippen LogP contribution is -2.07. The number of nitrogens with one attached hydrogen (secondary N) is 1. The predicted molar refractivity (Wildman–Crippen MR) is 63.9 cm³/mol. The first-order valence-electron chi connectivity index (χ1n) is 5.31. The zero-order chi connectivity index (χ0) is 11.5. The predicted octanol–water partition coefficient (Wildman–Crippen LogP) is 1.51. The Labute approximate surface area is 95.3 Å². The van der Waals surface area contributed by atoms with Crippen LogP contribution < -0.4 is 5.32 Å². The number of pyridine rings is 1. The first-order valence-corrected chi connectivity index (χ1v) is 5.31. The lowest BCUT2D eigenvalue weighted by molar-refractivity contribution is 0.698. The summed E-state index contributed by atoms with van der Waals surface area (Å²) in [6.45, 7) is 2.86. The fourth-order valence-electron chi connectivity index (χ4n) is 1.86. The van der Waals surface area contributed by atoms with Gasteiger partial charge in [0, 0.05) is 37.2 Å². The van der Waals surface area contributed by atoms with Crippen LogP contribution in [0.25, 0.3) is 11.1 Å². The topological polar surface area (TPSA) is 42.7 Å². The van der Waals surface area contributed by atoms with Crippen molar-refractivity contribution in [2.45, 2.75) is 13.5 Å². The number of aryl methyl sites for hydroxylation is 1. The molecule has 0 saturated carbocycles. The van der Waals surface area contributed by atoms with E-state index in [0.29, 0.717) is 0 Å². The molecular weight excluding hydrogens is 200 g/mol. The Morgan fingerprint density at radius 1 is 1.31 bits per heavy atom. The van der Waals surface area contributed by atoms with Gasteiger partial charge in [-0.3, -0.25) is 9.67 Å². The van der Waals surface area contributed by atoms with Crippen LogP contribution in [0.4, 0.5) is 0 Å². The molecule has 4 heteroatoms. The molecule has 4 nitrogen and oxygen atoms in total. The maximum Gasteiger partial charge on any atom is 0.0843 e. The van der Waals surface area contributed by atoms with Crippen molar-refractivity contribution in [3.63, 3.8) is 0 Å². The van der Waals surface area contributed by atoms with Crippen LogP contribution in [-0.4, -0.2) is 21.8 Å². The van der Waals surface area contributed by atoms with Crippen LogP contribution in [0.15, 0.2) is 24.5 Å². The molecule has 0 aromatic carbocycles. The monoisotopic (exact) mass is 216 g/mol. The van der Waals surface area contributed by atoms with E-state index in [9.17, 15) is 0 Å². The highest BCUT2D eigenvalue weighted by Gasteiger charge is 2.13. The zero-order valence-corrected chi connectivity index (χ0v) is 9.86. The molecule has 0 amide bonds. The minimum absolute atomic E-state index is 0.777. The van der Waals surface area contributed by atoms with Gasteiger partial charge >= 0.3 is 0 Å². The van der Waals surface area contributed by atoms with Crippen LogP contribution in [0.5, 0.6) is 0 Å². The molecule has 0 saturated heterocycles. The Morgan fingerprint density at radius 3 is 2.62 bits per heavy atom. The van der Waals surface area contributed by atoms with E-state index >= 15 is 0 Å². The fraction of sp³-hybridized carbons (Fsp3) is 0.333. The maximum atomic E-state index is 4.51. The summed E-state index contributed by atoms with van der Waals surface area (Å²) in [5.74, 6) is 0. The van der Waals surface area contributed by atoms with Crippen molar-refractivity contribution < 1.29 is 0 Å². The summed E-state index contributed by atoms with van der Waals surface area (Å²) < 4.78 is 1.92. The highest BCUT2D eigenvalue weighted by atomic mass is 15.3. The third-order valence-electron chi connectivity index (χ3n) is 2.72. The zero-order valence-electron chi connectivity index (χ0n) is 9.86. The molecule has 0 fully saturated rings. The van der Waals surface area contributed by atoms with E-state index in [1.165, 1.54) is 16.8 Å². The molecule has 0 bridgehead atoms. The van der Waals surface area contributed by atoms with Crippen molar-refractivity contribution in [1.29, 1.82) is 0 Å². The van der Waals surface area contributed by atoms with Gasteiger partial charge in [0.15, 0.2) is 0 Å². The third-order valence-corrected chi connectivity index (χ3v) is 2.72. The Balaban J connectivity index is 2.54. The maximum absolute atomic E-state index is 4.51. The first kappa shape index (κ1) is 10.8. The SMILES string of the molecule is CNCc1nn(C)c(C)c1-c1ccncc1. The van der Waals surface area contributed by atoms with E-state index in [4.69, 9.17) is 0 Å². The summed E-state index contributed by atoms with van der Waals surface area (Å²) in [5, 5.41) is 7.65. The molecule has 2 heterocycles. The summed E-state index contributed by atoms with van der Waals surface area (Å²) in [6, 6.07) is 4.03. The summed E-state index contributed by atoms with van der Waals surface area (Å²) in [4.78, 5) is 4.04. The van der Waals surface area contributed by atoms with E-state index in [1.807, 2.05) is 43.3 Å². The Hall–Kier alpha value is -1.68. The van der Waals surface area contributed by atoms with E-state index in [-0.39, 0.29) is 0 Å². The molecule has 0 radical (unpaired) electrons. The van der Waals surface area contributed by atoms with Gasteiger partial charge in [-0.15, -0.1) is 0 Å². The van der Waals surface area contributed by atoms with Crippen LogP contribution in [0.1, 0.15) is 11.4 Å². The van der Waals surface area contributed by atoms with E-state index < -0.39 is 0 Å². The van der Waals surface area contributed by atoms with Crippen LogP contribution in [-0.2, 0) is 13.6 Å². The first-order chi connectivity index (χ1) is 7.74. The quantitative estimate of drug-likeness (QED) is 0.845. The van der Waals surface area contributed by atoms with Gasteiger partial charge in [0.05, 0.1) is 5.69 Å². The standard InChI is InChI=1S/C12H16N4/c1-9-12(10-4-6-14-7-5-10)11(8-13-2)15-16(9)3/h4-7,13H,8H2,1-3H3. The largest absolute Gasteiger partial charge is 0.314 e. The third kappa shape index (κ3) is 1.84. The summed E-state index contributed by atoms with van der Waals surface area (Å²) >= 11 is 0. The lowest BCUT2D eigenvalue weighted by atomic mass is 10.0. The van der Waals surface area contributed by atoms with Crippen molar-refractivity contribution >= 4 is 0 Å². The Bertz CT molecular complexity index is 473. The van der Waals surface area contributed by atoms with E-state index in [2.05, 4.69) is 22.3 Å². The minimum atomic E-state index is 0.777. The molecule has 0 spiro atoms. The van der Waals surface area contributed by atoms with Crippen molar-refractivity contribution in [3.8, 4) is 11.1 Å². The molecular formula is C12H16N4. The average Bonchev–Trinajstić information content (AvgIpc) is 2.57. The van der Waals surface area contributed by atoms with Gasteiger partial charge in [0.2, 0.25) is 0 Å². The molecule has 0 unspecified atom stereocenters. The van der Waals surface area contributed by atoms with E-state index in [1.54, 1.807) is 0 Å². The second-order valence-electron chi connectivity index (χ2n) is 3.80. The second kappa shape index (κ2) is 4.45. The van der Waals surface area contributed by atoms with Gasteiger partial charge in [-0.25, -0.2) is 0 Å². The number of hydrogen-bond donors (Lipinski definition) is 1. The Kier molecular flexibility index (Phi) is 3.01. The number of aromatic nitrogens is 3. The number of nitrogens with zero attached hydrogens (tertiary/aromatic N) is 3. The van der Waals surface area contributed by atoms with Gasteiger partial charge in [-0.1, -0.05) is 0 Å². The van der Waals surface area contributed by atoms with Crippen LogP contribution in [0, 0.1) is 6.92 Å². The smallest absolute Gasteiger partial charge is 0.0843 e. The summed E-state index contributed by atoms with van der Waals surface area (Å²) in [6.07, 6.45) is 3.62. The van der Waals surface area contributed by atoms with Crippen LogP contribution >= 0.6 is 0 Å². The molecule has 0 atom stereocenters. The van der Waals surface area contributed by atoms with E-state index in [0.717, 1.165) is 12.2 Å². The highest BCUT2D eigenvalue weighted by Crippen LogP contribution is 2.26. The second-order valence-corrected chi connectivity index (χ2v) is 3.80. The van der Waals surface area contributed by atoms with Gasteiger partial charge < -0.3 is 5.32 Å². The van der Waals surface area contributed by atoms with Gasteiger partial charge in [0.25, 0.3) is 0 Å². The van der Waals surface area contributed by atoms with Crippen LogP contribution in [0.2, 0.25) is 0 Å². The molecule has 2 rings (SSSR count). The Morgan fingerprint density at radius 2 is 2.00 bits per heavy atom. The molecule has 84 valence electrons. The van der Waals surface area contributed by atoms with Gasteiger partial charge in [-0.2, -0.15) is 5.10 Å². The van der Waals surface area contributed by atoms with Crippen molar-refractivity contribution in [2.24, 2.45) is 7.05 Å². The fourth-order valence-corrected chi connectivity index (χ4v) is 1.86. The molecule has 2 aromatic rings. The van der Waals surface area contributed by atoms with Crippen molar-refractivity contribution in [2.75, 3.05) is 7.05 Å². The summed E-state index contributed by atoms with van der Waals surface area (Å²) in [5.41, 5.74) is 4.63. The molecule has 0 aliphatic rings. The minimum Gasteiger partial charge on any atom is -0.314 e. The highest BCUT2D eigenvalue weighted by molar-refractivity contribution is 5.68. The lowest BCUT2D eigenvalue weighted by Gasteiger charge is -2.03. The molecule has 1 N–H and O–H groups in total.